The zero-order valence-corrected chi connectivity index (χ0v) is 14.5. The molecule has 0 radical (unpaired) electrons. The van der Waals surface area contributed by atoms with Crippen LogP contribution in [0, 0.1) is 5.82 Å². The van der Waals surface area contributed by atoms with Crippen LogP contribution in [0.3, 0.4) is 0 Å². The molecule has 1 aliphatic rings. The summed E-state index contributed by atoms with van der Waals surface area (Å²) in [5, 5.41) is 9.43. The number of phenolic OH excluding ortho intramolecular Hbond substituents is 1. The highest BCUT2D eigenvalue weighted by atomic mass is 19.1. The number of hydrogen-bond acceptors (Lipinski definition) is 3. The molecular formula is C20H23FN2O2. The Morgan fingerprint density at radius 1 is 1.20 bits per heavy atom. The summed E-state index contributed by atoms with van der Waals surface area (Å²) in [7, 11) is 3.66. The molecule has 2 aromatic carbocycles. The minimum atomic E-state index is -0.520. The van der Waals surface area contributed by atoms with Crippen molar-refractivity contribution >= 4 is 5.91 Å². The molecule has 3 rings (SSSR count). The van der Waals surface area contributed by atoms with E-state index in [0.717, 1.165) is 18.4 Å². The molecule has 0 aliphatic heterocycles. The maximum absolute atomic E-state index is 13.6. The van der Waals surface area contributed by atoms with Crippen LogP contribution in [0.2, 0.25) is 0 Å². The number of phenols is 1. The van der Waals surface area contributed by atoms with Gasteiger partial charge in [-0.15, -0.1) is 0 Å². The number of amides is 1. The number of hydrogen-bond donors (Lipinski definition) is 1. The molecule has 25 heavy (non-hydrogen) atoms. The second kappa shape index (κ2) is 7.23. The Morgan fingerprint density at radius 3 is 2.44 bits per heavy atom. The van der Waals surface area contributed by atoms with Gasteiger partial charge in [0.05, 0.1) is 0 Å². The number of rotatable bonds is 6. The van der Waals surface area contributed by atoms with E-state index in [-0.39, 0.29) is 23.5 Å². The summed E-state index contributed by atoms with van der Waals surface area (Å²) in [6.07, 6.45) is 1.99. The molecule has 1 atom stereocenters. The molecule has 0 saturated heterocycles. The van der Waals surface area contributed by atoms with E-state index in [1.165, 1.54) is 12.1 Å². The van der Waals surface area contributed by atoms with E-state index in [9.17, 15) is 14.3 Å². The van der Waals surface area contributed by atoms with Gasteiger partial charge in [0.1, 0.15) is 17.6 Å². The van der Waals surface area contributed by atoms with Crippen molar-refractivity contribution < 1.29 is 14.3 Å². The summed E-state index contributed by atoms with van der Waals surface area (Å²) in [6.45, 7) is 0.490. The average molecular weight is 342 g/mol. The van der Waals surface area contributed by atoms with E-state index < -0.39 is 6.04 Å². The Labute approximate surface area is 147 Å². The summed E-state index contributed by atoms with van der Waals surface area (Å²) in [5.74, 6) is -0.154. The van der Waals surface area contributed by atoms with Crippen LogP contribution in [0.5, 0.6) is 5.75 Å². The Bertz CT molecular complexity index is 742. The number of likely N-dealkylation sites (N-methyl/N-ethyl adjacent to an activating group) is 1. The third-order valence-corrected chi connectivity index (χ3v) is 4.47. The highest BCUT2D eigenvalue weighted by Gasteiger charge is 2.37. The van der Waals surface area contributed by atoms with Crippen LogP contribution >= 0.6 is 0 Å². The first-order valence-electron chi connectivity index (χ1n) is 8.46. The summed E-state index contributed by atoms with van der Waals surface area (Å²) in [4.78, 5) is 17.0. The molecule has 1 N–H and O–H groups in total. The van der Waals surface area contributed by atoms with E-state index >= 15 is 0 Å². The van der Waals surface area contributed by atoms with Gasteiger partial charge in [-0.2, -0.15) is 0 Å². The summed E-state index contributed by atoms with van der Waals surface area (Å²) in [5.41, 5.74) is 1.63. The van der Waals surface area contributed by atoms with Gasteiger partial charge >= 0.3 is 0 Å². The standard InChI is InChI=1S/C20H23FN2O2/c1-22(2)19(15-4-3-5-16(21)12-15)20(25)23(17-8-9-17)13-14-6-10-18(24)11-7-14/h3-7,10-12,17,19,24H,8-9,13H2,1-2H3/t19-/m1/s1. The van der Waals surface area contributed by atoms with Crippen LogP contribution in [0.1, 0.15) is 30.0 Å². The second-order valence-corrected chi connectivity index (χ2v) is 6.78. The van der Waals surface area contributed by atoms with Crippen molar-refractivity contribution in [1.29, 1.82) is 0 Å². The van der Waals surface area contributed by atoms with E-state index in [1.807, 2.05) is 36.0 Å². The zero-order chi connectivity index (χ0) is 18.0. The lowest BCUT2D eigenvalue weighted by Gasteiger charge is -2.31. The quantitative estimate of drug-likeness (QED) is 0.876. The van der Waals surface area contributed by atoms with Crippen LogP contribution in [-0.2, 0) is 11.3 Å². The molecule has 0 spiro atoms. The number of carbonyl (C=O) groups excluding carboxylic acids is 1. The SMILES string of the molecule is CN(C)[C@@H](C(=O)N(Cc1ccc(O)cc1)C1CC1)c1cccc(F)c1. The predicted molar refractivity (Wildman–Crippen MR) is 94.5 cm³/mol. The normalized spacial score (nSPS) is 15.2. The third-order valence-electron chi connectivity index (χ3n) is 4.47. The van der Waals surface area contributed by atoms with Crippen LogP contribution < -0.4 is 0 Å². The van der Waals surface area contributed by atoms with Gasteiger partial charge in [0.2, 0.25) is 5.91 Å². The van der Waals surface area contributed by atoms with Gasteiger partial charge in [-0.25, -0.2) is 4.39 Å². The summed E-state index contributed by atoms with van der Waals surface area (Å²) < 4.78 is 13.6. The lowest BCUT2D eigenvalue weighted by Crippen LogP contribution is -2.41. The monoisotopic (exact) mass is 342 g/mol. The summed E-state index contributed by atoms with van der Waals surface area (Å²) in [6, 6.07) is 12.8. The van der Waals surface area contributed by atoms with E-state index in [4.69, 9.17) is 0 Å². The molecule has 1 saturated carbocycles. The Hall–Kier alpha value is -2.40. The van der Waals surface area contributed by atoms with Crippen molar-refractivity contribution in [3.8, 4) is 5.75 Å². The second-order valence-electron chi connectivity index (χ2n) is 6.78. The third kappa shape index (κ3) is 4.17. The summed E-state index contributed by atoms with van der Waals surface area (Å²) >= 11 is 0. The van der Waals surface area contributed by atoms with Crippen LogP contribution in [0.15, 0.2) is 48.5 Å². The maximum Gasteiger partial charge on any atom is 0.245 e. The highest BCUT2D eigenvalue weighted by molar-refractivity contribution is 5.84. The number of benzene rings is 2. The minimum absolute atomic E-state index is 0.0221. The largest absolute Gasteiger partial charge is 0.508 e. The van der Waals surface area contributed by atoms with E-state index in [2.05, 4.69) is 0 Å². The van der Waals surface area contributed by atoms with Crippen molar-refractivity contribution in [2.45, 2.75) is 31.5 Å². The lowest BCUT2D eigenvalue weighted by atomic mass is 10.0. The number of carbonyl (C=O) groups is 1. The van der Waals surface area contributed by atoms with Gasteiger partial charge in [-0.1, -0.05) is 24.3 Å². The topological polar surface area (TPSA) is 43.8 Å². The molecule has 1 aliphatic carbocycles. The molecule has 0 aromatic heterocycles. The van der Waals surface area contributed by atoms with Crippen molar-refractivity contribution in [2.24, 2.45) is 0 Å². The first-order valence-corrected chi connectivity index (χ1v) is 8.46. The fourth-order valence-corrected chi connectivity index (χ4v) is 3.07. The van der Waals surface area contributed by atoms with Gasteiger partial charge in [-0.3, -0.25) is 9.69 Å². The molecule has 5 heteroatoms. The molecule has 0 heterocycles. The van der Waals surface area contributed by atoms with Crippen molar-refractivity contribution in [2.75, 3.05) is 14.1 Å². The first-order chi connectivity index (χ1) is 12.0. The highest BCUT2D eigenvalue weighted by Crippen LogP contribution is 2.32. The van der Waals surface area contributed by atoms with Crippen molar-refractivity contribution in [3.63, 3.8) is 0 Å². The Kier molecular flexibility index (Phi) is 5.04. The molecule has 4 nitrogen and oxygen atoms in total. The van der Waals surface area contributed by atoms with Crippen molar-refractivity contribution in [1.82, 2.24) is 9.80 Å². The Morgan fingerprint density at radius 2 is 1.88 bits per heavy atom. The molecule has 132 valence electrons. The maximum atomic E-state index is 13.6. The fraction of sp³-hybridized carbons (Fsp3) is 0.350. The molecule has 1 amide bonds. The lowest BCUT2D eigenvalue weighted by molar-refractivity contribution is -0.137. The number of halogens is 1. The van der Waals surface area contributed by atoms with E-state index in [1.54, 1.807) is 24.3 Å². The van der Waals surface area contributed by atoms with Crippen molar-refractivity contribution in [3.05, 3.63) is 65.5 Å². The minimum Gasteiger partial charge on any atom is -0.508 e. The van der Waals surface area contributed by atoms with Gasteiger partial charge in [0.25, 0.3) is 0 Å². The first kappa shape index (κ1) is 17.4. The van der Waals surface area contributed by atoms with Gasteiger partial charge in [-0.05, 0) is 62.3 Å². The molecule has 1 fully saturated rings. The fourth-order valence-electron chi connectivity index (χ4n) is 3.07. The molecule has 0 bridgehead atoms. The van der Waals surface area contributed by atoms with Crippen LogP contribution in [-0.4, -0.2) is 41.0 Å². The average Bonchev–Trinajstić information content (AvgIpc) is 3.39. The molecular weight excluding hydrogens is 319 g/mol. The zero-order valence-electron chi connectivity index (χ0n) is 14.5. The van der Waals surface area contributed by atoms with Crippen LogP contribution in [0.25, 0.3) is 0 Å². The molecule has 0 unspecified atom stereocenters. The predicted octanol–water partition coefficient (Wildman–Crippen LogP) is 3.33. The van der Waals surface area contributed by atoms with Gasteiger partial charge < -0.3 is 10.0 Å². The van der Waals surface area contributed by atoms with Gasteiger partial charge in [0.15, 0.2) is 0 Å². The number of nitrogens with zero attached hydrogens (tertiary/aromatic N) is 2. The number of aromatic hydroxyl groups is 1. The smallest absolute Gasteiger partial charge is 0.245 e. The van der Waals surface area contributed by atoms with Gasteiger partial charge in [0, 0.05) is 12.6 Å². The Balaban J connectivity index is 1.86. The molecule has 2 aromatic rings. The van der Waals surface area contributed by atoms with Crippen LogP contribution in [0.4, 0.5) is 4.39 Å². The van der Waals surface area contributed by atoms with E-state index in [0.29, 0.717) is 12.1 Å².